The van der Waals surface area contributed by atoms with Gasteiger partial charge in [-0.15, -0.1) is 0 Å². The second kappa shape index (κ2) is 7.16. The third kappa shape index (κ3) is 3.57. The first-order chi connectivity index (χ1) is 11.2. The SMILES string of the molecule is O=C(NCCCCc1ccccc1)[C@@H]1[C@@H]2CC[C@@H](C2)[C@@H]1C(=O)O. The van der Waals surface area contributed by atoms with Crippen LogP contribution in [0.4, 0.5) is 0 Å². The van der Waals surface area contributed by atoms with E-state index in [0.29, 0.717) is 6.54 Å². The highest BCUT2D eigenvalue weighted by molar-refractivity contribution is 5.86. The first-order valence-electron chi connectivity index (χ1n) is 8.71. The van der Waals surface area contributed by atoms with Crippen molar-refractivity contribution in [2.75, 3.05) is 6.54 Å². The van der Waals surface area contributed by atoms with Crippen molar-refractivity contribution in [1.82, 2.24) is 5.32 Å². The lowest BCUT2D eigenvalue weighted by atomic mass is 9.78. The topological polar surface area (TPSA) is 66.4 Å². The average molecular weight is 315 g/mol. The summed E-state index contributed by atoms with van der Waals surface area (Å²) in [7, 11) is 0. The summed E-state index contributed by atoms with van der Waals surface area (Å²) in [4.78, 5) is 23.9. The largest absolute Gasteiger partial charge is 0.481 e. The molecule has 3 rings (SSSR count). The van der Waals surface area contributed by atoms with Gasteiger partial charge in [0.05, 0.1) is 11.8 Å². The Bertz CT molecular complexity index is 557. The molecule has 0 spiro atoms. The summed E-state index contributed by atoms with van der Waals surface area (Å²) in [6.07, 6.45) is 5.89. The van der Waals surface area contributed by atoms with Crippen molar-refractivity contribution in [3.05, 3.63) is 35.9 Å². The van der Waals surface area contributed by atoms with E-state index in [1.165, 1.54) is 5.56 Å². The zero-order valence-corrected chi connectivity index (χ0v) is 13.4. The van der Waals surface area contributed by atoms with E-state index in [0.717, 1.165) is 38.5 Å². The van der Waals surface area contributed by atoms with Gasteiger partial charge in [0.15, 0.2) is 0 Å². The standard InChI is InChI=1S/C19H25NO3/c21-18(16-14-9-10-15(12-14)17(16)19(22)23)20-11-5-4-8-13-6-2-1-3-7-13/h1-3,6-7,14-17H,4-5,8-12H2,(H,20,21)(H,22,23)/t14-,15+,16-,17+/m1/s1. The lowest BCUT2D eigenvalue weighted by molar-refractivity contribution is -0.149. The molecule has 0 radical (unpaired) electrons. The van der Waals surface area contributed by atoms with Gasteiger partial charge in [0.25, 0.3) is 0 Å². The summed E-state index contributed by atoms with van der Waals surface area (Å²) >= 11 is 0. The van der Waals surface area contributed by atoms with E-state index in [2.05, 4.69) is 17.4 Å². The Balaban J connectivity index is 1.42. The maximum Gasteiger partial charge on any atom is 0.307 e. The highest BCUT2D eigenvalue weighted by atomic mass is 16.4. The van der Waals surface area contributed by atoms with Gasteiger partial charge in [0, 0.05) is 6.54 Å². The molecular weight excluding hydrogens is 290 g/mol. The molecule has 23 heavy (non-hydrogen) atoms. The molecule has 124 valence electrons. The number of hydrogen-bond acceptors (Lipinski definition) is 2. The summed E-state index contributed by atoms with van der Waals surface area (Å²) in [5.74, 6) is -1.10. The number of carboxylic acid groups (broad SMARTS) is 1. The molecule has 2 saturated carbocycles. The molecule has 1 aromatic rings. The molecule has 2 bridgehead atoms. The number of rotatable bonds is 7. The van der Waals surface area contributed by atoms with Gasteiger partial charge >= 0.3 is 5.97 Å². The van der Waals surface area contributed by atoms with Crippen LogP contribution >= 0.6 is 0 Å². The Labute approximate surface area is 137 Å². The molecule has 4 atom stereocenters. The van der Waals surface area contributed by atoms with Crippen molar-refractivity contribution in [3.63, 3.8) is 0 Å². The van der Waals surface area contributed by atoms with Gasteiger partial charge in [-0.3, -0.25) is 9.59 Å². The first kappa shape index (κ1) is 16.0. The van der Waals surface area contributed by atoms with Crippen LogP contribution in [-0.2, 0) is 16.0 Å². The minimum Gasteiger partial charge on any atom is -0.481 e. The van der Waals surface area contributed by atoms with Crippen LogP contribution in [0.2, 0.25) is 0 Å². The maximum absolute atomic E-state index is 12.4. The summed E-state index contributed by atoms with van der Waals surface area (Å²) < 4.78 is 0. The normalized spacial score (nSPS) is 28.7. The fourth-order valence-electron chi connectivity index (χ4n) is 4.45. The van der Waals surface area contributed by atoms with Crippen LogP contribution in [0.3, 0.4) is 0 Å². The molecule has 4 heteroatoms. The molecule has 0 unspecified atom stereocenters. The minimum absolute atomic E-state index is 0.0377. The molecule has 2 fully saturated rings. The molecule has 0 aromatic heterocycles. The van der Waals surface area contributed by atoms with Crippen LogP contribution in [-0.4, -0.2) is 23.5 Å². The molecule has 1 amide bonds. The monoisotopic (exact) mass is 315 g/mol. The van der Waals surface area contributed by atoms with Gasteiger partial charge < -0.3 is 10.4 Å². The van der Waals surface area contributed by atoms with Crippen LogP contribution in [0, 0.1) is 23.7 Å². The summed E-state index contributed by atoms with van der Waals surface area (Å²) in [6, 6.07) is 10.3. The molecule has 0 saturated heterocycles. The van der Waals surface area contributed by atoms with Crippen molar-refractivity contribution < 1.29 is 14.7 Å². The molecule has 2 aliphatic carbocycles. The van der Waals surface area contributed by atoms with Crippen LogP contribution in [0.1, 0.15) is 37.7 Å². The number of benzene rings is 1. The number of nitrogens with one attached hydrogen (secondary N) is 1. The third-order valence-corrected chi connectivity index (χ3v) is 5.54. The smallest absolute Gasteiger partial charge is 0.307 e. The van der Waals surface area contributed by atoms with E-state index in [1.54, 1.807) is 0 Å². The predicted molar refractivity (Wildman–Crippen MR) is 87.8 cm³/mol. The molecule has 0 heterocycles. The Morgan fingerprint density at radius 1 is 1.04 bits per heavy atom. The van der Waals surface area contributed by atoms with Gasteiger partial charge in [0.1, 0.15) is 0 Å². The summed E-state index contributed by atoms with van der Waals surface area (Å²) in [5, 5.41) is 12.4. The number of carboxylic acids is 1. The molecule has 0 aliphatic heterocycles. The molecule has 2 N–H and O–H groups in total. The zero-order chi connectivity index (χ0) is 16.2. The van der Waals surface area contributed by atoms with E-state index < -0.39 is 11.9 Å². The third-order valence-electron chi connectivity index (χ3n) is 5.54. The summed E-state index contributed by atoms with van der Waals surface area (Å²) in [6.45, 7) is 0.645. The van der Waals surface area contributed by atoms with Crippen molar-refractivity contribution in [1.29, 1.82) is 0 Å². The Kier molecular flexibility index (Phi) is 4.99. The number of aryl methyl sites for hydroxylation is 1. The number of fused-ring (bicyclic) bond motifs is 2. The summed E-state index contributed by atoms with van der Waals surface area (Å²) in [5.41, 5.74) is 1.32. The predicted octanol–water partition coefficient (Wildman–Crippen LogP) is 2.87. The molecular formula is C19H25NO3. The molecule has 2 aliphatic rings. The Hall–Kier alpha value is -1.84. The molecule has 4 nitrogen and oxygen atoms in total. The lowest BCUT2D eigenvalue weighted by Gasteiger charge is -2.27. The average Bonchev–Trinajstić information content (AvgIpc) is 3.16. The van der Waals surface area contributed by atoms with Gasteiger partial charge in [0.2, 0.25) is 5.91 Å². The second-order valence-corrected chi connectivity index (χ2v) is 6.96. The highest BCUT2D eigenvalue weighted by Crippen LogP contribution is 2.52. The van der Waals surface area contributed by atoms with E-state index in [1.807, 2.05) is 18.2 Å². The van der Waals surface area contributed by atoms with Crippen LogP contribution in [0.25, 0.3) is 0 Å². The Morgan fingerprint density at radius 3 is 2.43 bits per heavy atom. The van der Waals surface area contributed by atoms with Gasteiger partial charge in [-0.05, 0) is 55.9 Å². The Morgan fingerprint density at radius 2 is 1.74 bits per heavy atom. The van der Waals surface area contributed by atoms with E-state index in [9.17, 15) is 14.7 Å². The number of amides is 1. The highest BCUT2D eigenvalue weighted by Gasteiger charge is 2.53. The number of unbranched alkanes of at least 4 members (excludes halogenated alkanes) is 1. The van der Waals surface area contributed by atoms with E-state index in [-0.39, 0.29) is 23.7 Å². The van der Waals surface area contributed by atoms with Crippen molar-refractivity contribution in [2.24, 2.45) is 23.7 Å². The maximum atomic E-state index is 12.4. The van der Waals surface area contributed by atoms with Crippen molar-refractivity contribution in [2.45, 2.75) is 38.5 Å². The first-order valence-corrected chi connectivity index (χ1v) is 8.71. The fourth-order valence-corrected chi connectivity index (χ4v) is 4.45. The quantitative estimate of drug-likeness (QED) is 0.760. The van der Waals surface area contributed by atoms with Gasteiger partial charge in [-0.2, -0.15) is 0 Å². The molecule has 1 aromatic carbocycles. The lowest BCUT2D eigenvalue weighted by Crippen LogP contribution is -2.41. The fraction of sp³-hybridized carbons (Fsp3) is 0.579. The van der Waals surface area contributed by atoms with Crippen LogP contribution < -0.4 is 5.32 Å². The second-order valence-electron chi connectivity index (χ2n) is 6.96. The minimum atomic E-state index is -0.790. The van der Waals surface area contributed by atoms with Crippen LogP contribution in [0.15, 0.2) is 30.3 Å². The number of aliphatic carboxylic acids is 1. The van der Waals surface area contributed by atoms with E-state index in [4.69, 9.17) is 0 Å². The van der Waals surface area contributed by atoms with Gasteiger partial charge in [-0.1, -0.05) is 30.3 Å². The zero-order valence-electron chi connectivity index (χ0n) is 13.4. The van der Waals surface area contributed by atoms with Crippen molar-refractivity contribution >= 4 is 11.9 Å². The van der Waals surface area contributed by atoms with Crippen LogP contribution in [0.5, 0.6) is 0 Å². The number of carbonyl (C=O) groups excluding carboxylic acids is 1. The van der Waals surface area contributed by atoms with Crippen molar-refractivity contribution in [3.8, 4) is 0 Å². The number of carbonyl (C=O) groups is 2. The van der Waals surface area contributed by atoms with E-state index >= 15 is 0 Å². The van der Waals surface area contributed by atoms with Gasteiger partial charge in [-0.25, -0.2) is 0 Å². The number of hydrogen-bond donors (Lipinski definition) is 2.